The van der Waals surface area contributed by atoms with Gasteiger partial charge in [0.15, 0.2) is 0 Å². The third-order valence-electron chi connectivity index (χ3n) is 4.61. The van der Waals surface area contributed by atoms with Crippen LogP contribution in [0.3, 0.4) is 0 Å². The van der Waals surface area contributed by atoms with Gasteiger partial charge in [-0.1, -0.05) is 6.92 Å². The lowest BCUT2D eigenvalue weighted by Crippen LogP contribution is -2.64. The summed E-state index contributed by atoms with van der Waals surface area (Å²) in [5, 5.41) is 3.80. The molecule has 3 nitrogen and oxygen atoms in total. The number of rotatable bonds is 3. The van der Waals surface area contributed by atoms with Gasteiger partial charge < -0.3 is 10.2 Å². The van der Waals surface area contributed by atoms with Gasteiger partial charge in [-0.15, -0.1) is 0 Å². The van der Waals surface area contributed by atoms with E-state index >= 15 is 0 Å². The number of nitrogens with zero attached hydrogens (tertiary/aromatic N) is 2. The molecule has 2 aliphatic rings. The minimum atomic E-state index is 0.293. The van der Waals surface area contributed by atoms with Gasteiger partial charge in [0.1, 0.15) is 0 Å². The molecule has 1 aliphatic carbocycles. The van der Waals surface area contributed by atoms with Crippen molar-refractivity contribution in [3.8, 4) is 0 Å². The Labute approximate surface area is 110 Å². The van der Waals surface area contributed by atoms with Crippen molar-refractivity contribution in [3.63, 3.8) is 0 Å². The van der Waals surface area contributed by atoms with Crippen LogP contribution < -0.4 is 10.2 Å². The first-order chi connectivity index (χ1) is 8.73. The lowest BCUT2D eigenvalue weighted by Gasteiger charge is -2.47. The standard InChI is InChI=1S/C15H23N3/c1-3-13-10-17-15(2,12-6-7-12)11-18(13)14-5-4-8-16-9-14/h4-5,8-9,12-13,17H,3,6-7,10-11H2,1-2H3. The first-order valence-corrected chi connectivity index (χ1v) is 7.14. The number of piperazine rings is 1. The molecule has 0 radical (unpaired) electrons. The van der Waals surface area contributed by atoms with E-state index in [0.29, 0.717) is 11.6 Å². The molecule has 1 aromatic heterocycles. The van der Waals surface area contributed by atoms with E-state index in [2.05, 4.69) is 35.1 Å². The molecular weight excluding hydrogens is 222 g/mol. The molecule has 3 heteroatoms. The fourth-order valence-corrected chi connectivity index (χ4v) is 3.18. The maximum Gasteiger partial charge on any atom is 0.0556 e. The van der Waals surface area contributed by atoms with Gasteiger partial charge in [-0.25, -0.2) is 0 Å². The van der Waals surface area contributed by atoms with E-state index in [9.17, 15) is 0 Å². The lowest BCUT2D eigenvalue weighted by atomic mass is 9.90. The normalized spacial score (nSPS) is 32.6. The van der Waals surface area contributed by atoms with Gasteiger partial charge in [0.2, 0.25) is 0 Å². The summed E-state index contributed by atoms with van der Waals surface area (Å²) >= 11 is 0. The minimum Gasteiger partial charge on any atom is -0.364 e. The van der Waals surface area contributed by atoms with Crippen molar-refractivity contribution in [1.29, 1.82) is 0 Å². The zero-order valence-electron chi connectivity index (χ0n) is 11.4. The number of nitrogens with one attached hydrogen (secondary N) is 1. The molecule has 2 unspecified atom stereocenters. The SMILES string of the molecule is CCC1CNC(C)(C2CC2)CN1c1cccnc1. The van der Waals surface area contributed by atoms with Crippen LogP contribution in [0.15, 0.2) is 24.5 Å². The van der Waals surface area contributed by atoms with Crippen LogP contribution in [-0.2, 0) is 0 Å². The molecule has 3 rings (SSSR count). The summed E-state index contributed by atoms with van der Waals surface area (Å²) in [5.74, 6) is 0.870. The van der Waals surface area contributed by atoms with Crippen LogP contribution in [0.4, 0.5) is 5.69 Å². The van der Waals surface area contributed by atoms with Crippen molar-refractivity contribution < 1.29 is 0 Å². The molecule has 1 saturated heterocycles. The van der Waals surface area contributed by atoms with E-state index in [-0.39, 0.29) is 0 Å². The highest BCUT2D eigenvalue weighted by Crippen LogP contribution is 2.42. The highest BCUT2D eigenvalue weighted by molar-refractivity contribution is 5.46. The molecule has 98 valence electrons. The number of hydrogen-bond donors (Lipinski definition) is 1. The zero-order chi connectivity index (χ0) is 12.6. The molecule has 2 atom stereocenters. The topological polar surface area (TPSA) is 28.2 Å². The largest absolute Gasteiger partial charge is 0.364 e. The van der Waals surface area contributed by atoms with E-state index in [1.807, 2.05) is 18.5 Å². The second-order valence-electron chi connectivity index (χ2n) is 5.97. The van der Waals surface area contributed by atoms with E-state index in [1.54, 1.807) is 0 Å². The van der Waals surface area contributed by atoms with E-state index < -0.39 is 0 Å². The van der Waals surface area contributed by atoms with Crippen LogP contribution in [0.2, 0.25) is 0 Å². The van der Waals surface area contributed by atoms with E-state index in [1.165, 1.54) is 24.9 Å². The summed E-state index contributed by atoms with van der Waals surface area (Å²) in [7, 11) is 0. The monoisotopic (exact) mass is 245 g/mol. The fourth-order valence-electron chi connectivity index (χ4n) is 3.18. The summed E-state index contributed by atoms with van der Waals surface area (Å²) < 4.78 is 0. The Morgan fingerprint density at radius 2 is 2.33 bits per heavy atom. The summed E-state index contributed by atoms with van der Waals surface area (Å²) in [5.41, 5.74) is 1.57. The highest BCUT2D eigenvalue weighted by atomic mass is 15.3. The Morgan fingerprint density at radius 3 is 2.94 bits per heavy atom. The van der Waals surface area contributed by atoms with Crippen LogP contribution in [0.5, 0.6) is 0 Å². The van der Waals surface area contributed by atoms with Crippen molar-refractivity contribution in [3.05, 3.63) is 24.5 Å². The van der Waals surface area contributed by atoms with Crippen molar-refractivity contribution in [2.24, 2.45) is 5.92 Å². The number of anilines is 1. The van der Waals surface area contributed by atoms with Gasteiger partial charge in [0.25, 0.3) is 0 Å². The highest BCUT2D eigenvalue weighted by Gasteiger charge is 2.45. The van der Waals surface area contributed by atoms with Gasteiger partial charge in [-0.2, -0.15) is 0 Å². The lowest BCUT2D eigenvalue weighted by molar-refractivity contribution is 0.252. The predicted molar refractivity (Wildman–Crippen MR) is 74.8 cm³/mol. The maximum absolute atomic E-state index is 4.27. The smallest absolute Gasteiger partial charge is 0.0556 e. The van der Waals surface area contributed by atoms with E-state index in [0.717, 1.165) is 19.0 Å². The average Bonchev–Trinajstić information content (AvgIpc) is 3.24. The van der Waals surface area contributed by atoms with Gasteiger partial charge in [-0.3, -0.25) is 4.98 Å². The first kappa shape index (κ1) is 12.0. The predicted octanol–water partition coefficient (Wildman–Crippen LogP) is 2.44. The molecule has 2 fully saturated rings. The average molecular weight is 245 g/mol. The van der Waals surface area contributed by atoms with Gasteiger partial charge >= 0.3 is 0 Å². The van der Waals surface area contributed by atoms with Crippen molar-refractivity contribution in [2.45, 2.75) is 44.7 Å². The Morgan fingerprint density at radius 1 is 1.50 bits per heavy atom. The Bertz CT molecular complexity index is 401. The second kappa shape index (κ2) is 4.54. The molecule has 2 heterocycles. The van der Waals surface area contributed by atoms with Crippen molar-refractivity contribution in [1.82, 2.24) is 10.3 Å². The number of aromatic nitrogens is 1. The summed E-state index contributed by atoms with van der Waals surface area (Å²) in [6.45, 7) is 6.87. The Hall–Kier alpha value is -1.09. The van der Waals surface area contributed by atoms with Crippen LogP contribution in [-0.4, -0.2) is 29.7 Å². The second-order valence-corrected chi connectivity index (χ2v) is 5.97. The molecule has 0 bridgehead atoms. The zero-order valence-corrected chi connectivity index (χ0v) is 11.4. The van der Waals surface area contributed by atoms with E-state index in [4.69, 9.17) is 0 Å². The first-order valence-electron chi connectivity index (χ1n) is 7.14. The van der Waals surface area contributed by atoms with Crippen LogP contribution in [0, 0.1) is 5.92 Å². The van der Waals surface area contributed by atoms with Crippen molar-refractivity contribution >= 4 is 5.69 Å². The third-order valence-corrected chi connectivity index (χ3v) is 4.61. The molecule has 0 spiro atoms. The number of hydrogen-bond acceptors (Lipinski definition) is 3. The molecule has 1 N–H and O–H groups in total. The van der Waals surface area contributed by atoms with Crippen molar-refractivity contribution in [2.75, 3.05) is 18.0 Å². The molecule has 18 heavy (non-hydrogen) atoms. The molecule has 0 amide bonds. The Balaban J connectivity index is 1.84. The molecular formula is C15H23N3. The number of pyridine rings is 1. The van der Waals surface area contributed by atoms with Gasteiger partial charge in [0, 0.05) is 30.9 Å². The molecule has 1 aliphatic heterocycles. The van der Waals surface area contributed by atoms with Crippen LogP contribution >= 0.6 is 0 Å². The maximum atomic E-state index is 4.27. The quantitative estimate of drug-likeness (QED) is 0.886. The van der Waals surface area contributed by atoms with Gasteiger partial charge in [-0.05, 0) is 44.2 Å². The summed E-state index contributed by atoms with van der Waals surface area (Å²) in [6, 6.07) is 4.83. The minimum absolute atomic E-state index is 0.293. The summed E-state index contributed by atoms with van der Waals surface area (Å²) in [6.07, 6.45) is 7.82. The van der Waals surface area contributed by atoms with Crippen LogP contribution in [0.25, 0.3) is 0 Å². The molecule has 1 saturated carbocycles. The van der Waals surface area contributed by atoms with Gasteiger partial charge in [0.05, 0.1) is 11.9 Å². The van der Waals surface area contributed by atoms with Crippen LogP contribution in [0.1, 0.15) is 33.1 Å². The molecule has 1 aromatic rings. The molecule has 0 aromatic carbocycles. The fraction of sp³-hybridized carbons (Fsp3) is 0.667. The summed E-state index contributed by atoms with van der Waals surface area (Å²) in [4.78, 5) is 6.83. The Kier molecular flexibility index (Phi) is 3.02. The third kappa shape index (κ3) is 2.12.